The van der Waals surface area contributed by atoms with Crippen LogP contribution in [0, 0.1) is 0 Å². The quantitative estimate of drug-likeness (QED) is 0.788. The van der Waals surface area contributed by atoms with E-state index < -0.39 is 0 Å². The highest BCUT2D eigenvalue weighted by Crippen LogP contribution is 2.32. The van der Waals surface area contributed by atoms with E-state index in [1.165, 1.54) is 38.5 Å². The van der Waals surface area contributed by atoms with Gasteiger partial charge >= 0.3 is 0 Å². The zero-order chi connectivity index (χ0) is 18.5. The fourth-order valence-corrected chi connectivity index (χ4v) is 3.49. The highest BCUT2D eigenvalue weighted by Gasteiger charge is 2.15. The molecule has 1 saturated carbocycles. The van der Waals surface area contributed by atoms with Gasteiger partial charge in [-0.2, -0.15) is 0 Å². The number of carbonyl (C=O) groups excluding carboxylic acids is 1. The van der Waals surface area contributed by atoms with E-state index in [9.17, 15) is 4.79 Å². The molecule has 1 amide bonds. The van der Waals surface area contributed by atoms with E-state index in [-0.39, 0.29) is 12.7 Å². The molecule has 7 heteroatoms. The van der Waals surface area contributed by atoms with E-state index in [1.54, 1.807) is 6.07 Å². The Kier molecular flexibility index (Phi) is 5.37. The summed E-state index contributed by atoms with van der Waals surface area (Å²) in [5, 5.41) is 14.5. The number of anilines is 1. The molecule has 2 aliphatic rings. The lowest BCUT2D eigenvalue weighted by atomic mass is 10.1. The summed E-state index contributed by atoms with van der Waals surface area (Å²) in [6.07, 6.45) is 7.47. The number of amides is 1. The predicted octanol–water partition coefficient (Wildman–Crippen LogP) is 3.27. The minimum absolute atomic E-state index is 0.238. The van der Waals surface area contributed by atoms with Gasteiger partial charge in [-0.3, -0.25) is 4.79 Å². The summed E-state index contributed by atoms with van der Waals surface area (Å²) in [7, 11) is 0. The summed E-state index contributed by atoms with van der Waals surface area (Å²) in [6, 6.07) is 9.60. The number of nitrogens with zero attached hydrogens (tertiary/aromatic N) is 2. The van der Waals surface area contributed by atoms with Crippen LogP contribution in [0.25, 0.3) is 0 Å². The van der Waals surface area contributed by atoms with E-state index in [1.807, 2.05) is 24.3 Å². The van der Waals surface area contributed by atoms with E-state index >= 15 is 0 Å². The molecule has 1 aromatic carbocycles. The van der Waals surface area contributed by atoms with Gasteiger partial charge in [-0.1, -0.05) is 31.7 Å². The Hall–Kier alpha value is -2.83. The number of hydrogen-bond donors (Lipinski definition) is 2. The predicted molar refractivity (Wildman–Crippen MR) is 101 cm³/mol. The Morgan fingerprint density at radius 3 is 2.59 bits per heavy atom. The monoisotopic (exact) mass is 368 g/mol. The molecule has 2 heterocycles. The van der Waals surface area contributed by atoms with Crippen LogP contribution < -0.4 is 20.1 Å². The Balaban J connectivity index is 1.31. The van der Waals surface area contributed by atoms with Gasteiger partial charge in [-0.05, 0) is 42.7 Å². The second-order valence-corrected chi connectivity index (χ2v) is 7.01. The molecule has 0 radical (unpaired) electrons. The van der Waals surface area contributed by atoms with Gasteiger partial charge < -0.3 is 20.1 Å². The maximum atomic E-state index is 12.3. The Bertz CT molecular complexity index is 786. The van der Waals surface area contributed by atoms with Crippen LogP contribution in [0.5, 0.6) is 11.5 Å². The van der Waals surface area contributed by atoms with E-state index in [0.717, 1.165) is 17.1 Å². The minimum Gasteiger partial charge on any atom is -0.454 e. The summed E-state index contributed by atoms with van der Waals surface area (Å²) in [5.41, 5.74) is 1.24. The lowest BCUT2D eigenvalue weighted by molar-refractivity contribution is 0.0945. The zero-order valence-corrected chi connectivity index (χ0v) is 15.2. The molecular weight excluding hydrogens is 344 g/mol. The van der Waals surface area contributed by atoms with Crippen LogP contribution in [0.3, 0.4) is 0 Å². The van der Waals surface area contributed by atoms with Crippen molar-refractivity contribution in [1.29, 1.82) is 0 Å². The van der Waals surface area contributed by atoms with Crippen LogP contribution in [-0.2, 0) is 6.54 Å². The van der Waals surface area contributed by atoms with Crippen molar-refractivity contribution in [3.8, 4) is 11.5 Å². The van der Waals surface area contributed by atoms with E-state index in [0.29, 0.717) is 24.0 Å². The third-order valence-corrected chi connectivity index (χ3v) is 4.99. The molecule has 0 saturated heterocycles. The molecule has 7 nitrogen and oxygen atoms in total. The van der Waals surface area contributed by atoms with Crippen molar-refractivity contribution < 1.29 is 14.3 Å². The van der Waals surface area contributed by atoms with Gasteiger partial charge in [-0.15, -0.1) is 10.2 Å². The molecule has 27 heavy (non-hydrogen) atoms. The minimum atomic E-state index is -0.249. The van der Waals surface area contributed by atoms with Gasteiger partial charge in [0.05, 0.1) is 0 Å². The fourth-order valence-electron chi connectivity index (χ4n) is 3.49. The number of benzene rings is 1. The normalized spacial score (nSPS) is 16.6. The summed E-state index contributed by atoms with van der Waals surface area (Å²) >= 11 is 0. The third-order valence-electron chi connectivity index (χ3n) is 4.99. The second kappa shape index (κ2) is 8.24. The molecule has 1 fully saturated rings. The van der Waals surface area contributed by atoms with Gasteiger partial charge in [-0.25, -0.2) is 0 Å². The van der Waals surface area contributed by atoms with E-state index in [2.05, 4.69) is 20.8 Å². The van der Waals surface area contributed by atoms with Gasteiger partial charge in [0.25, 0.3) is 5.91 Å². The first-order valence-electron chi connectivity index (χ1n) is 9.55. The number of carbonyl (C=O) groups is 1. The van der Waals surface area contributed by atoms with Crippen molar-refractivity contribution >= 4 is 11.7 Å². The Morgan fingerprint density at radius 1 is 1.00 bits per heavy atom. The summed E-state index contributed by atoms with van der Waals surface area (Å²) in [5.74, 6) is 1.92. The van der Waals surface area contributed by atoms with Crippen LogP contribution in [0.2, 0.25) is 0 Å². The van der Waals surface area contributed by atoms with Crippen LogP contribution in [-0.4, -0.2) is 28.9 Å². The standard InChI is InChI=1S/C20H24N4O3/c25-20(21-12-14-7-9-17-18(11-14)27-13-26-17)16-8-10-19(24-23-16)22-15-5-3-1-2-4-6-15/h7-11,15H,1-6,12-13H2,(H,21,25)(H,22,24). The largest absolute Gasteiger partial charge is 0.454 e. The van der Waals surface area contributed by atoms with Crippen LogP contribution in [0.4, 0.5) is 5.82 Å². The van der Waals surface area contributed by atoms with Crippen LogP contribution >= 0.6 is 0 Å². The summed E-state index contributed by atoms with van der Waals surface area (Å²) in [6.45, 7) is 0.626. The van der Waals surface area contributed by atoms with Gasteiger partial charge in [0.2, 0.25) is 6.79 Å². The number of aromatic nitrogens is 2. The number of ether oxygens (including phenoxy) is 2. The molecule has 1 aliphatic carbocycles. The highest BCUT2D eigenvalue weighted by molar-refractivity contribution is 5.92. The third kappa shape index (κ3) is 4.48. The Labute approximate surface area is 158 Å². The molecule has 142 valence electrons. The summed E-state index contributed by atoms with van der Waals surface area (Å²) in [4.78, 5) is 12.3. The lowest BCUT2D eigenvalue weighted by Crippen LogP contribution is -2.24. The molecule has 0 atom stereocenters. The molecule has 1 aromatic heterocycles. The first-order chi connectivity index (χ1) is 13.3. The molecular formula is C20H24N4O3. The maximum absolute atomic E-state index is 12.3. The van der Waals surface area contributed by atoms with Crippen molar-refractivity contribution in [2.45, 2.75) is 51.1 Å². The van der Waals surface area contributed by atoms with Gasteiger partial charge in [0, 0.05) is 12.6 Å². The number of rotatable bonds is 5. The van der Waals surface area contributed by atoms with Crippen molar-refractivity contribution in [2.24, 2.45) is 0 Å². The second-order valence-electron chi connectivity index (χ2n) is 7.01. The van der Waals surface area contributed by atoms with Crippen molar-refractivity contribution in [2.75, 3.05) is 12.1 Å². The van der Waals surface area contributed by atoms with Gasteiger partial charge in [0.1, 0.15) is 5.82 Å². The average molecular weight is 368 g/mol. The first kappa shape index (κ1) is 17.6. The lowest BCUT2D eigenvalue weighted by Gasteiger charge is -2.16. The topological polar surface area (TPSA) is 85.4 Å². The van der Waals surface area contributed by atoms with E-state index in [4.69, 9.17) is 9.47 Å². The van der Waals surface area contributed by atoms with Crippen molar-refractivity contribution in [3.05, 3.63) is 41.6 Å². The molecule has 1 aliphatic heterocycles. The van der Waals surface area contributed by atoms with Crippen molar-refractivity contribution in [3.63, 3.8) is 0 Å². The molecule has 2 aromatic rings. The molecule has 2 N–H and O–H groups in total. The molecule has 0 bridgehead atoms. The SMILES string of the molecule is O=C(NCc1ccc2c(c1)OCO2)c1ccc(NC2CCCCCC2)nn1. The maximum Gasteiger partial charge on any atom is 0.272 e. The van der Waals surface area contributed by atoms with Crippen molar-refractivity contribution in [1.82, 2.24) is 15.5 Å². The number of hydrogen-bond acceptors (Lipinski definition) is 6. The first-order valence-corrected chi connectivity index (χ1v) is 9.55. The molecule has 0 unspecified atom stereocenters. The summed E-state index contributed by atoms with van der Waals surface area (Å²) < 4.78 is 10.6. The number of fused-ring (bicyclic) bond motifs is 1. The fraction of sp³-hybridized carbons (Fsp3) is 0.450. The molecule has 0 spiro atoms. The zero-order valence-electron chi connectivity index (χ0n) is 15.2. The highest BCUT2D eigenvalue weighted by atomic mass is 16.7. The smallest absolute Gasteiger partial charge is 0.272 e. The Morgan fingerprint density at radius 2 is 1.81 bits per heavy atom. The van der Waals surface area contributed by atoms with Crippen LogP contribution in [0.1, 0.15) is 54.6 Å². The molecule has 4 rings (SSSR count). The number of nitrogens with one attached hydrogen (secondary N) is 2. The van der Waals surface area contributed by atoms with Crippen LogP contribution in [0.15, 0.2) is 30.3 Å². The van der Waals surface area contributed by atoms with Gasteiger partial charge in [0.15, 0.2) is 17.2 Å². The average Bonchev–Trinajstić information content (AvgIpc) is 3.02.